The van der Waals surface area contributed by atoms with Crippen LogP contribution in [0.2, 0.25) is 5.02 Å². The lowest BCUT2D eigenvalue weighted by molar-refractivity contribution is 0.102. The van der Waals surface area contributed by atoms with Gasteiger partial charge in [0.15, 0.2) is 0 Å². The number of anilines is 2. The highest BCUT2D eigenvalue weighted by atomic mass is 79.9. The quantitative estimate of drug-likeness (QED) is 0.379. The van der Waals surface area contributed by atoms with Gasteiger partial charge in [0.05, 0.1) is 16.1 Å². The summed E-state index contributed by atoms with van der Waals surface area (Å²) in [6, 6.07) is 14.4. The molecule has 0 atom stereocenters. The van der Waals surface area contributed by atoms with Crippen molar-refractivity contribution in [3.63, 3.8) is 0 Å². The lowest BCUT2D eigenvalue weighted by Gasteiger charge is -2.11. The summed E-state index contributed by atoms with van der Waals surface area (Å²) >= 11 is 11.1. The maximum atomic E-state index is 13.3. The molecule has 4 nitrogen and oxygen atoms in total. The Hall–Kier alpha value is -2.15. The van der Waals surface area contributed by atoms with Crippen LogP contribution in [0.15, 0.2) is 53.0 Å². The Morgan fingerprint density at radius 1 is 0.900 bits per heavy atom. The van der Waals surface area contributed by atoms with E-state index in [1.54, 1.807) is 24.3 Å². The van der Waals surface area contributed by atoms with Crippen molar-refractivity contribution < 1.29 is 9.59 Å². The molecule has 1 aliphatic rings. The molecule has 0 unspecified atom stereocenters. The molecular formula is C23H20BrClN2O2S. The molecule has 4 rings (SSSR count). The highest BCUT2D eigenvalue weighted by Gasteiger charge is 2.26. The van der Waals surface area contributed by atoms with Crippen LogP contribution in [0.1, 0.15) is 50.4 Å². The number of rotatable bonds is 4. The average Bonchev–Trinajstić information content (AvgIpc) is 2.90. The zero-order chi connectivity index (χ0) is 21.1. The Bertz CT molecular complexity index is 1100. The Morgan fingerprint density at radius 2 is 1.63 bits per heavy atom. The molecule has 2 N–H and O–H groups in total. The van der Waals surface area contributed by atoms with Crippen LogP contribution in [0, 0.1) is 0 Å². The van der Waals surface area contributed by atoms with Gasteiger partial charge in [0.2, 0.25) is 0 Å². The second kappa shape index (κ2) is 9.33. The van der Waals surface area contributed by atoms with E-state index in [0.29, 0.717) is 26.8 Å². The van der Waals surface area contributed by atoms with Gasteiger partial charge in [-0.05, 0) is 67.6 Å². The van der Waals surface area contributed by atoms with Gasteiger partial charge >= 0.3 is 0 Å². The van der Waals surface area contributed by atoms with E-state index in [9.17, 15) is 9.59 Å². The first-order valence-corrected chi connectivity index (χ1v) is 11.8. The third-order valence-electron chi connectivity index (χ3n) is 5.10. The molecule has 2 aromatic carbocycles. The summed E-state index contributed by atoms with van der Waals surface area (Å²) < 4.78 is 0.942. The molecule has 1 aromatic heterocycles. The van der Waals surface area contributed by atoms with E-state index in [0.717, 1.165) is 42.1 Å². The molecule has 1 heterocycles. The van der Waals surface area contributed by atoms with Crippen LogP contribution < -0.4 is 10.6 Å². The predicted octanol–water partition coefficient (Wildman–Crippen LogP) is 6.94. The average molecular weight is 504 g/mol. The van der Waals surface area contributed by atoms with Crippen molar-refractivity contribution in [3.05, 3.63) is 79.6 Å². The molecular weight excluding hydrogens is 484 g/mol. The van der Waals surface area contributed by atoms with Gasteiger partial charge in [-0.15, -0.1) is 11.3 Å². The standard InChI is InChI=1S/C23H20BrClN2O2S/c24-14-10-12-15(13-11-14)26-22(29)20-17-7-2-1-3-9-19(17)30-23(20)27-21(28)16-6-4-5-8-18(16)25/h4-6,8,10-13H,1-3,7,9H2,(H,26,29)(H,27,28). The maximum absolute atomic E-state index is 13.3. The molecule has 0 saturated heterocycles. The predicted molar refractivity (Wildman–Crippen MR) is 127 cm³/mol. The summed E-state index contributed by atoms with van der Waals surface area (Å²) in [5.41, 5.74) is 2.73. The Kier molecular flexibility index (Phi) is 6.56. The van der Waals surface area contributed by atoms with Crippen LogP contribution >= 0.6 is 38.9 Å². The SMILES string of the molecule is O=C(Nc1sc2c(c1C(=O)Nc1ccc(Br)cc1)CCCCC2)c1ccccc1Cl. The summed E-state index contributed by atoms with van der Waals surface area (Å²) in [5.74, 6) is -0.513. The number of hydrogen-bond donors (Lipinski definition) is 2. The minimum atomic E-state index is -0.310. The number of halogens is 2. The molecule has 0 fully saturated rings. The fourth-order valence-corrected chi connectivity index (χ4v) is 5.38. The van der Waals surface area contributed by atoms with Crippen LogP contribution in [0.25, 0.3) is 0 Å². The topological polar surface area (TPSA) is 58.2 Å². The van der Waals surface area contributed by atoms with E-state index in [1.807, 2.05) is 24.3 Å². The molecule has 0 aliphatic heterocycles. The maximum Gasteiger partial charge on any atom is 0.258 e. The number of nitrogens with one attached hydrogen (secondary N) is 2. The van der Waals surface area contributed by atoms with Gasteiger partial charge in [-0.1, -0.05) is 46.1 Å². The van der Waals surface area contributed by atoms with Crippen molar-refractivity contribution in [2.45, 2.75) is 32.1 Å². The Balaban J connectivity index is 1.67. The number of amides is 2. The molecule has 30 heavy (non-hydrogen) atoms. The lowest BCUT2D eigenvalue weighted by atomic mass is 10.0. The number of benzene rings is 2. The van der Waals surface area contributed by atoms with Gasteiger partial charge in [-0.25, -0.2) is 0 Å². The largest absolute Gasteiger partial charge is 0.322 e. The van der Waals surface area contributed by atoms with Crippen molar-refractivity contribution in [1.29, 1.82) is 0 Å². The summed E-state index contributed by atoms with van der Waals surface area (Å²) in [6.07, 6.45) is 5.06. The van der Waals surface area contributed by atoms with Crippen LogP contribution in [-0.4, -0.2) is 11.8 Å². The number of carbonyl (C=O) groups is 2. The number of thiophene rings is 1. The number of aryl methyl sites for hydroxylation is 1. The van der Waals surface area contributed by atoms with Crippen LogP contribution in [0.5, 0.6) is 0 Å². The second-order valence-electron chi connectivity index (χ2n) is 7.16. The highest BCUT2D eigenvalue weighted by Crippen LogP contribution is 2.38. The minimum absolute atomic E-state index is 0.203. The smallest absolute Gasteiger partial charge is 0.258 e. The van der Waals surface area contributed by atoms with Gasteiger partial charge in [0.1, 0.15) is 5.00 Å². The van der Waals surface area contributed by atoms with Crippen molar-refractivity contribution in [2.75, 3.05) is 10.6 Å². The number of hydrogen-bond acceptors (Lipinski definition) is 3. The first-order valence-electron chi connectivity index (χ1n) is 9.80. The van der Waals surface area contributed by atoms with E-state index in [2.05, 4.69) is 26.6 Å². The Labute approximate surface area is 192 Å². The van der Waals surface area contributed by atoms with Gasteiger partial charge in [-0.2, -0.15) is 0 Å². The third-order valence-corrected chi connectivity index (χ3v) is 7.16. The molecule has 2 amide bonds. The molecule has 0 saturated carbocycles. The molecule has 0 radical (unpaired) electrons. The van der Waals surface area contributed by atoms with E-state index in [1.165, 1.54) is 16.2 Å². The molecule has 0 spiro atoms. The minimum Gasteiger partial charge on any atom is -0.322 e. The van der Waals surface area contributed by atoms with Crippen LogP contribution in [-0.2, 0) is 12.8 Å². The highest BCUT2D eigenvalue weighted by molar-refractivity contribution is 9.10. The molecule has 0 bridgehead atoms. The number of carbonyl (C=O) groups excluding carboxylic acids is 2. The van der Waals surface area contributed by atoms with Crippen molar-refractivity contribution >= 4 is 61.4 Å². The van der Waals surface area contributed by atoms with E-state index < -0.39 is 0 Å². The lowest BCUT2D eigenvalue weighted by Crippen LogP contribution is -2.18. The normalized spacial score (nSPS) is 13.3. The number of fused-ring (bicyclic) bond motifs is 1. The first-order chi connectivity index (χ1) is 14.5. The van der Waals surface area contributed by atoms with E-state index in [-0.39, 0.29) is 11.8 Å². The van der Waals surface area contributed by atoms with Gasteiger partial charge in [0, 0.05) is 15.0 Å². The zero-order valence-electron chi connectivity index (χ0n) is 16.1. The van der Waals surface area contributed by atoms with Crippen molar-refractivity contribution in [3.8, 4) is 0 Å². The van der Waals surface area contributed by atoms with Gasteiger partial charge in [0.25, 0.3) is 11.8 Å². The van der Waals surface area contributed by atoms with Crippen molar-refractivity contribution in [1.82, 2.24) is 0 Å². The van der Waals surface area contributed by atoms with E-state index >= 15 is 0 Å². The second-order valence-corrected chi connectivity index (χ2v) is 9.59. The summed E-state index contributed by atoms with van der Waals surface area (Å²) in [6.45, 7) is 0. The summed E-state index contributed by atoms with van der Waals surface area (Å²) in [4.78, 5) is 27.3. The van der Waals surface area contributed by atoms with Crippen LogP contribution in [0.4, 0.5) is 10.7 Å². The third kappa shape index (κ3) is 4.61. The molecule has 154 valence electrons. The van der Waals surface area contributed by atoms with Crippen LogP contribution in [0.3, 0.4) is 0 Å². The van der Waals surface area contributed by atoms with Crippen molar-refractivity contribution in [2.24, 2.45) is 0 Å². The summed E-state index contributed by atoms with van der Waals surface area (Å²) in [5, 5.41) is 6.89. The summed E-state index contributed by atoms with van der Waals surface area (Å²) in [7, 11) is 0. The monoisotopic (exact) mass is 502 g/mol. The zero-order valence-corrected chi connectivity index (χ0v) is 19.3. The fourth-order valence-electron chi connectivity index (χ4n) is 3.61. The van der Waals surface area contributed by atoms with Gasteiger partial charge < -0.3 is 10.6 Å². The fraction of sp³-hybridized carbons (Fsp3) is 0.217. The molecule has 1 aliphatic carbocycles. The Morgan fingerprint density at radius 3 is 2.40 bits per heavy atom. The molecule has 3 aromatic rings. The first kappa shape index (κ1) is 21.1. The molecule has 7 heteroatoms. The van der Waals surface area contributed by atoms with E-state index in [4.69, 9.17) is 11.6 Å². The van der Waals surface area contributed by atoms with Gasteiger partial charge in [-0.3, -0.25) is 9.59 Å².